The van der Waals surface area contributed by atoms with Gasteiger partial charge in [0.15, 0.2) is 0 Å². The molecule has 1 amide bonds. The molecule has 196 valence electrons. The van der Waals surface area contributed by atoms with E-state index in [1.54, 1.807) is 37.5 Å². The van der Waals surface area contributed by atoms with Crippen molar-refractivity contribution in [1.29, 1.82) is 0 Å². The number of benzene rings is 2. The molecule has 3 aromatic rings. The molecular formula is C27H31N3O6S. The zero-order chi connectivity index (χ0) is 26.3. The number of pyridine rings is 1. The Kier molecular flexibility index (Phi) is 8.88. The van der Waals surface area contributed by atoms with Crippen LogP contribution in [0.3, 0.4) is 0 Å². The van der Waals surface area contributed by atoms with E-state index in [2.05, 4.69) is 16.4 Å². The van der Waals surface area contributed by atoms with Gasteiger partial charge in [-0.15, -0.1) is 0 Å². The molecule has 0 fully saturated rings. The number of ether oxygens (including phenoxy) is 2. The molecule has 0 spiro atoms. The number of aliphatic hydroxyl groups is 1. The number of nitrogens with zero attached hydrogens (tertiary/aromatic N) is 1. The van der Waals surface area contributed by atoms with Crippen molar-refractivity contribution >= 4 is 15.9 Å². The number of nitrogens with one attached hydrogen (secondary N) is 2. The van der Waals surface area contributed by atoms with Crippen LogP contribution >= 0.6 is 0 Å². The first-order valence-corrected chi connectivity index (χ1v) is 13.7. The third-order valence-corrected chi connectivity index (χ3v) is 7.44. The number of fused-ring (bicyclic) bond motifs is 1. The van der Waals surface area contributed by atoms with Crippen LogP contribution in [0.15, 0.2) is 71.9 Å². The minimum absolute atomic E-state index is 0.00174. The van der Waals surface area contributed by atoms with Gasteiger partial charge in [-0.05, 0) is 66.8 Å². The number of amides is 1. The molecule has 3 N–H and O–H groups in total. The summed E-state index contributed by atoms with van der Waals surface area (Å²) < 4.78 is 38.0. The number of rotatable bonds is 11. The van der Waals surface area contributed by atoms with Gasteiger partial charge < -0.3 is 19.9 Å². The Hall–Kier alpha value is -3.31. The number of hydrogen-bond acceptors (Lipinski definition) is 8. The monoisotopic (exact) mass is 525 g/mol. The highest BCUT2D eigenvalue weighted by atomic mass is 32.2. The maximum absolute atomic E-state index is 12.4. The summed E-state index contributed by atoms with van der Waals surface area (Å²) in [6.45, 7) is 2.77. The summed E-state index contributed by atoms with van der Waals surface area (Å²) in [4.78, 5) is 15.8. The first kappa shape index (κ1) is 26.7. The van der Waals surface area contributed by atoms with Crippen LogP contribution in [0.1, 0.15) is 30.6 Å². The zero-order valence-electron chi connectivity index (χ0n) is 20.6. The van der Waals surface area contributed by atoms with E-state index in [9.17, 15) is 18.3 Å². The average molecular weight is 526 g/mol. The lowest BCUT2D eigenvalue weighted by Gasteiger charge is -2.27. The summed E-state index contributed by atoms with van der Waals surface area (Å²) in [5.41, 5.74) is 3.66. The smallest absolute Gasteiger partial charge is 0.264 e. The largest absolute Gasteiger partial charge is 0.489 e. The fourth-order valence-corrected chi connectivity index (χ4v) is 5.07. The standard InChI is InChI=1S/C27H31N3O6S/c1-2-35-18-27(32)30-37(33,34)24-10-6-19(7-11-24)20-8-12-26-21(14-20)5-9-23(36-26)16-29-17-25(31)22-4-3-13-28-15-22/h3-4,6-8,10-15,23,25,29,31H,2,5,9,16-18H2,1H3,(H,30,32). The summed E-state index contributed by atoms with van der Waals surface area (Å²) in [7, 11) is -3.96. The summed E-state index contributed by atoms with van der Waals surface area (Å²) in [6.07, 6.45) is 4.40. The van der Waals surface area contributed by atoms with Gasteiger partial charge in [0.2, 0.25) is 0 Å². The van der Waals surface area contributed by atoms with E-state index in [-0.39, 0.29) is 17.6 Å². The van der Waals surface area contributed by atoms with E-state index in [4.69, 9.17) is 9.47 Å². The van der Waals surface area contributed by atoms with Gasteiger partial charge in [-0.1, -0.05) is 24.3 Å². The normalized spacial score (nSPS) is 15.9. The molecule has 2 heterocycles. The Balaban J connectivity index is 1.33. The van der Waals surface area contributed by atoms with Crippen LogP contribution < -0.4 is 14.8 Å². The quantitative estimate of drug-likeness (QED) is 0.349. The Bertz CT molecular complexity index is 1300. The summed E-state index contributed by atoms with van der Waals surface area (Å²) in [5, 5.41) is 13.6. The average Bonchev–Trinajstić information content (AvgIpc) is 2.92. The fraction of sp³-hybridized carbons (Fsp3) is 0.333. The van der Waals surface area contributed by atoms with E-state index in [0.717, 1.165) is 40.8 Å². The number of sulfonamides is 1. The van der Waals surface area contributed by atoms with Gasteiger partial charge in [0.25, 0.3) is 15.9 Å². The van der Waals surface area contributed by atoms with E-state index >= 15 is 0 Å². The molecule has 0 radical (unpaired) electrons. The highest BCUT2D eigenvalue weighted by molar-refractivity contribution is 7.90. The Morgan fingerprint density at radius 2 is 1.97 bits per heavy atom. The molecular weight excluding hydrogens is 494 g/mol. The van der Waals surface area contributed by atoms with Crippen LogP contribution in [0.5, 0.6) is 5.75 Å². The second-order valence-electron chi connectivity index (χ2n) is 8.75. The van der Waals surface area contributed by atoms with Gasteiger partial charge in [0.1, 0.15) is 18.5 Å². The second kappa shape index (κ2) is 12.3. The van der Waals surface area contributed by atoms with Gasteiger partial charge in [0.05, 0.1) is 11.0 Å². The molecule has 1 aromatic heterocycles. The van der Waals surface area contributed by atoms with Gasteiger partial charge in [-0.25, -0.2) is 13.1 Å². The number of hydrogen-bond donors (Lipinski definition) is 3. The van der Waals surface area contributed by atoms with Crippen LogP contribution in [0.2, 0.25) is 0 Å². The SMILES string of the molecule is CCOCC(=O)NS(=O)(=O)c1ccc(-c2ccc3c(c2)CCC(CNCC(O)c2cccnc2)O3)cc1. The number of aromatic nitrogens is 1. The lowest BCUT2D eigenvalue weighted by molar-refractivity contribution is -0.123. The molecule has 2 aromatic carbocycles. The molecule has 9 nitrogen and oxygen atoms in total. The van der Waals surface area contributed by atoms with Gasteiger partial charge in [-0.3, -0.25) is 9.78 Å². The Labute approximate surface area is 216 Å². The molecule has 2 atom stereocenters. The molecule has 1 aliphatic heterocycles. The molecule has 0 saturated carbocycles. The highest BCUT2D eigenvalue weighted by Crippen LogP contribution is 2.32. The molecule has 1 aliphatic rings. The van der Waals surface area contributed by atoms with Gasteiger partial charge >= 0.3 is 0 Å². The Morgan fingerprint density at radius 3 is 2.70 bits per heavy atom. The minimum Gasteiger partial charge on any atom is -0.489 e. The number of aryl methyl sites for hydroxylation is 1. The first-order valence-electron chi connectivity index (χ1n) is 12.2. The van der Waals surface area contributed by atoms with E-state index < -0.39 is 22.0 Å². The molecule has 0 saturated heterocycles. The third kappa shape index (κ3) is 7.14. The third-order valence-electron chi connectivity index (χ3n) is 6.05. The second-order valence-corrected chi connectivity index (χ2v) is 10.4. The van der Waals surface area contributed by atoms with Crippen LogP contribution in [-0.4, -0.2) is 56.8 Å². The number of aliphatic hydroxyl groups excluding tert-OH is 1. The molecule has 0 aliphatic carbocycles. The summed E-state index contributed by atoms with van der Waals surface area (Å²) in [6, 6.07) is 16.0. The van der Waals surface area contributed by atoms with E-state index in [1.165, 1.54) is 12.1 Å². The van der Waals surface area contributed by atoms with Crippen LogP contribution in [-0.2, 0) is 26.0 Å². The van der Waals surface area contributed by atoms with Gasteiger partial charge in [0, 0.05) is 37.7 Å². The van der Waals surface area contributed by atoms with Crippen molar-refractivity contribution in [3.63, 3.8) is 0 Å². The summed E-state index contributed by atoms with van der Waals surface area (Å²) >= 11 is 0. The number of carbonyl (C=O) groups excluding carboxylic acids is 1. The van der Waals surface area contributed by atoms with Crippen molar-refractivity contribution in [3.8, 4) is 16.9 Å². The first-order chi connectivity index (χ1) is 17.9. The highest BCUT2D eigenvalue weighted by Gasteiger charge is 2.21. The molecule has 10 heteroatoms. The molecule has 37 heavy (non-hydrogen) atoms. The summed E-state index contributed by atoms with van der Waals surface area (Å²) in [5.74, 6) is 0.115. The fourth-order valence-electron chi connectivity index (χ4n) is 4.10. The van der Waals surface area contributed by atoms with Crippen LogP contribution in [0, 0.1) is 0 Å². The molecule has 0 bridgehead atoms. The topological polar surface area (TPSA) is 127 Å². The van der Waals surface area contributed by atoms with Crippen molar-refractivity contribution in [2.24, 2.45) is 0 Å². The van der Waals surface area contributed by atoms with Crippen molar-refractivity contribution < 1.29 is 27.8 Å². The Morgan fingerprint density at radius 1 is 1.19 bits per heavy atom. The lowest BCUT2D eigenvalue weighted by atomic mass is 9.97. The van der Waals surface area contributed by atoms with Crippen molar-refractivity contribution in [2.45, 2.75) is 36.9 Å². The maximum Gasteiger partial charge on any atom is 0.264 e. The lowest BCUT2D eigenvalue weighted by Crippen LogP contribution is -2.36. The van der Waals surface area contributed by atoms with Crippen molar-refractivity contribution in [3.05, 3.63) is 78.1 Å². The van der Waals surface area contributed by atoms with Gasteiger partial charge in [-0.2, -0.15) is 0 Å². The number of carbonyl (C=O) groups is 1. The predicted molar refractivity (Wildman–Crippen MR) is 139 cm³/mol. The van der Waals surface area contributed by atoms with Crippen molar-refractivity contribution in [2.75, 3.05) is 26.3 Å². The van der Waals surface area contributed by atoms with Crippen LogP contribution in [0.25, 0.3) is 11.1 Å². The molecule has 4 rings (SSSR count). The maximum atomic E-state index is 12.4. The van der Waals surface area contributed by atoms with Crippen molar-refractivity contribution in [1.82, 2.24) is 15.0 Å². The molecule has 2 unspecified atom stereocenters. The van der Waals surface area contributed by atoms with Crippen LogP contribution in [0.4, 0.5) is 0 Å². The van der Waals surface area contributed by atoms with E-state index in [1.807, 2.05) is 22.9 Å². The minimum atomic E-state index is -3.96. The predicted octanol–water partition coefficient (Wildman–Crippen LogP) is 2.61. The zero-order valence-corrected chi connectivity index (χ0v) is 21.4. The van der Waals surface area contributed by atoms with E-state index in [0.29, 0.717) is 19.7 Å².